The second-order valence-corrected chi connectivity index (χ2v) is 10.8. The van der Waals surface area contributed by atoms with E-state index in [9.17, 15) is 5.11 Å². The fourth-order valence-corrected chi connectivity index (χ4v) is 6.83. The van der Waals surface area contributed by atoms with Crippen LogP contribution in [0.25, 0.3) is 0 Å². The molecule has 4 aliphatic carbocycles. The van der Waals surface area contributed by atoms with Crippen molar-refractivity contribution in [2.24, 2.45) is 21.7 Å². The summed E-state index contributed by atoms with van der Waals surface area (Å²) in [6.07, 6.45) is 20.7. The minimum absolute atomic E-state index is 0.0810. The standard InChI is InChI=1S/C15H24O2.C10H16O/c1-2-14-6-8-15(11-14,9-7-14)12-17-13-5-3-4-10-16-13;1-2-9-3-5-10(7-9,8-11)6-4-9/h2,13H,1,3-12H2;2,11H,1,3-8H2. The molecule has 5 fully saturated rings. The van der Waals surface area contributed by atoms with Gasteiger partial charge in [0.15, 0.2) is 6.29 Å². The average molecular weight is 389 g/mol. The van der Waals surface area contributed by atoms with Crippen molar-refractivity contribution < 1.29 is 14.6 Å². The molecule has 0 amide bonds. The summed E-state index contributed by atoms with van der Waals surface area (Å²) in [5.74, 6) is 0. The molecule has 0 aromatic carbocycles. The maximum atomic E-state index is 9.22. The van der Waals surface area contributed by atoms with Crippen LogP contribution in [0.2, 0.25) is 0 Å². The number of hydrogen-bond donors (Lipinski definition) is 1. The van der Waals surface area contributed by atoms with Crippen LogP contribution in [-0.2, 0) is 9.47 Å². The Kier molecular flexibility index (Phi) is 5.81. The van der Waals surface area contributed by atoms with E-state index in [2.05, 4.69) is 25.3 Å². The van der Waals surface area contributed by atoms with Crippen LogP contribution in [0, 0.1) is 21.7 Å². The number of fused-ring (bicyclic) bond motifs is 4. The molecule has 1 heterocycles. The fourth-order valence-electron chi connectivity index (χ4n) is 6.83. The van der Waals surface area contributed by atoms with Gasteiger partial charge >= 0.3 is 0 Å². The lowest BCUT2D eigenvalue weighted by Gasteiger charge is -2.30. The van der Waals surface area contributed by atoms with Crippen LogP contribution in [0.5, 0.6) is 0 Å². The number of aliphatic hydroxyl groups is 1. The minimum atomic E-state index is 0.0810. The monoisotopic (exact) mass is 388 g/mol. The summed E-state index contributed by atoms with van der Waals surface area (Å²) in [6, 6.07) is 0. The Morgan fingerprint density at radius 1 is 0.857 bits per heavy atom. The number of rotatable bonds is 6. The van der Waals surface area contributed by atoms with Crippen molar-refractivity contribution in [3.05, 3.63) is 25.3 Å². The molecule has 0 aromatic heterocycles. The minimum Gasteiger partial charge on any atom is -0.396 e. The molecule has 1 atom stereocenters. The molecule has 5 aliphatic rings. The number of ether oxygens (including phenoxy) is 2. The molecule has 1 N–H and O–H groups in total. The summed E-state index contributed by atoms with van der Waals surface area (Å²) < 4.78 is 11.7. The van der Waals surface area contributed by atoms with Crippen molar-refractivity contribution in [2.75, 3.05) is 19.8 Å². The van der Waals surface area contributed by atoms with Crippen LogP contribution in [0.4, 0.5) is 0 Å². The highest BCUT2D eigenvalue weighted by Gasteiger charge is 2.53. The summed E-state index contributed by atoms with van der Waals surface area (Å²) >= 11 is 0. The second-order valence-electron chi connectivity index (χ2n) is 10.8. The van der Waals surface area contributed by atoms with Gasteiger partial charge in [0.25, 0.3) is 0 Å². The Hall–Kier alpha value is -0.640. The second kappa shape index (κ2) is 7.89. The molecule has 5 rings (SSSR count). The lowest BCUT2D eigenvalue weighted by molar-refractivity contribution is -0.178. The molecule has 0 spiro atoms. The summed E-state index contributed by atoms with van der Waals surface area (Å²) in [7, 11) is 0. The number of allylic oxidation sites excluding steroid dienone is 2. The van der Waals surface area contributed by atoms with E-state index in [0.29, 0.717) is 28.3 Å². The lowest BCUT2D eigenvalue weighted by atomic mass is 9.82. The van der Waals surface area contributed by atoms with E-state index in [1.165, 1.54) is 77.0 Å². The highest BCUT2D eigenvalue weighted by atomic mass is 16.7. The molecule has 1 unspecified atom stereocenters. The largest absolute Gasteiger partial charge is 0.396 e. The van der Waals surface area contributed by atoms with E-state index < -0.39 is 0 Å². The van der Waals surface area contributed by atoms with E-state index in [-0.39, 0.29) is 6.29 Å². The Bertz CT molecular complexity index is 558. The van der Waals surface area contributed by atoms with Gasteiger partial charge in [0.2, 0.25) is 0 Å². The molecule has 3 heteroatoms. The van der Waals surface area contributed by atoms with Crippen LogP contribution < -0.4 is 0 Å². The molecule has 0 aromatic rings. The van der Waals surface area contributed by atoms with Gasteiger partial charge in [-0.1, -0.05) is 12.2 Å². The van der Waals surface area contributed by atoms with Gasteiger partial charge in [-0.25, -0.2) is 0 Å². The number of aliphatic hydroxyl groups excluding tert-OH is 1. The van der Waals surface area contributed by atoms with Gasteiger partial charge in [-0.05, 0) is 105 Å². The van der Waals surface area contributed by atoms with Crippen molar-refractivity contribution in [1.82, 2.24) is 0 Å². The third-order valence-corrected chi connectivity index (χ3v) is 8.98. The zero-order chi connectivity index (χ0) is 19.7. The summed E-state index contributed by atoms with van der Waals surface area (Å²) in [5, 5.41) is 9.22. The molecule has 4 bridgehead atoms. The van der Waals surface area contributed by atoms with Crippen molar-refractivity contribution >= 4 is 0 Å². The van der Waals surface area contributed by atoms with Crippen LogP contribution in [0.15, 0.2) is 25.3 Å². The molecule has 0 radical (unpaired) electrons. The van der Waals surface area contributed by atoms with Crippen LogP contribution in [0.3, 0.4) is 0 Å². The van der Waals surface area contributed by atoms with Crippen molar-refractivity contribution in [3.8, 4) is 0 Å². The van der Waals surface area contributed by atoms with Gasteiger partial charge in [0, 0.05) is 13.2 Å². The first kappa shape index (κ1) is 20.6. The molecule has 28 heavy (non-hydrogen) atoms. The van der Waals surface area contributed by atoms with Crippen molar-refractivity contribution in [1.29, 1.82) is 0 Å². The zero-order valence-corrected chi connectivity index (χ0v) is 17.7. The van der Waals surface area contributed by atoms with E-state index >= 15 is 0 Å². The van der Waals surface area contributed by atoms with Gasteiger partial charge in [0.1, 0.15) is 0 Å². The first-order chi connectivity index (χ1) is 13.5. The first-order valence-corrected chi connectivity index (χ1v) is 11.6. The van der Waals surface area contributed by atoms with Crippen LogP contribution in [0.1, 0.15) is 83.5 Å². The first-order valence-electron chi connectivity index (χ1n) is 11.6. The maximum absolute atomic E-state index is 9.22. The zero-order valence-electron chi connectivity index (χ0n) is 17.7. The van der Waals surface area contributed by atoms with Gasteiger partial charge in [-0.2, -0.15) is 0 Å². The van der Waals surface area contributed by atoms with E-state index in [0.717, 1.165) is 19.6 Å². The third kappa shape index (κ3) is 3.87. The molecule has 1 saturated heterocycles. The molecular weight excluding hydrogens is 348 g/mol. The van der Waals surface area contributed by atoms with Crippen molar-refractivity contribution in [2.45, 2.75) is 89.8 Å². The van der Waals surface area contributed by atoms with Gasteiger partial charge < -0.3 is 14.6 Å². The number of hydrogen-bond acceptors (Lipinski definition) is 3. The van der Waals surface area contributed by atoms with E-state index in [1.54, 1.807) is 0 Å². The molecule has 4 saturated carbocycles. The summed E-state index contributed by atoms with van der Waals surface area (Å²) in [4.78, 5) is 0. The smallest absolute Gasteiger partial charge is 0.157 e. The average Bonchev–Trinajstić information content (AvgIpc) is 3.52. The topological polar surface area (TPSA) is 38.7 Å². The quantitative estimate of drug-likeness (QED) is 0.586. The highest BCUT2D eigenvalue weighted by molar-refractivity contribution is 5.12. The van der Waals surface area contributed by atoms with E-state index in [1.807, 2.05) is 0 Å². The summed E-state index contributed by atoms with van der Waals surface area (Å²) in [5.41, 5.74) is 1.63. The normalized spacial score (nSPS) is 46.2. The van der Waals surface area contributed by atoms with Gasteiger partial charge in [-0.3, -0.25) is 0 Å². The van der Waals surface area contributed by atoms with Crippen LogP contribution in [-0.4, -0.2) is 31.2 Å². The maximum Gasteiger partial charge on any atom is 0.157 e. The fraction of sp³-hybridized carbons (Fsp3) is 0.840. The Morgan fingerprint density at radius 3 is 1.86 bits per heavy atom. The predicted octanol–water partition coefficient (Wildman–Crippen LogP) is 5.78. The lowest BCUT2D eigenvalue weighted by Crippen LogP contribution is -2.29. The van der Waals surface area contributed by atoms with Crippen LogP contribution >= 0.6 is 0 Å². The molecule has 158 valence electrons. The predicted molar refractivity (Wildman–Crippen MR) is 113 cm³/mol. The molecular formula is C25H40O3. The van der Waals surface area contributed by atoms with Gasteiger partial charge in [0.05, 0.1) is 6.61 Å². The SMILES string of the molecule is C=CC12CCC(CO)(CC1)C2.C=CC12CCC(COC3CCCCO3)(CC1)C2. The van der Waals surface area contributed by atoms with Crippen molar-refractivity contribution in [3.63, 3.8) is 0 Å². The van der Waals surface area contributed by atoms with Gasteiger partial charge in [-0.15, -0.1) is 13.2 Å². The highest BCUT2D eigenvalue weighted by Crippen LogP contribution is 2.62. The molecule has 1 aliphatic heterocycles. The summed E-state index contributed by atoms with van der Waals surface area (Å²) in [6.45, 7) is 10.1. The molecule has 3 nitrogen and oxygen atoms in total. The third-order valence-electron chi connectivity index (χ3n) is 8.98. The Balaban J connectivity index is 0.000000151. The Labute approximate surface area is 171 Å². The van der Waals surface area contributed by atoms with E-state index in [4.69, 9.17) is 9.47 Å². The Morgan fingerprint density at radius 2 is 1.43 bits per heavy atom.